The van der Waals surface area contributed by atoms with E-state index in [1.807, 2.05) is 0 Å². The molecule has 0 saturated carbocycles. The minimum absolute atomic E-state index is 0.0191. The minimum atomic E-state index is -5.01. The van der Waals surface area contributed by atoms with Crippen molar-refractivity contribution in [2.24, 2.45) is 0 Å². The number of ether oxygens (including phenoxy) is 1. The van der Waals surface area contributed by atoms with Crippen LogP contribution in [0.1, 0.15) is 17.0 Å². The average Bonchev–Trinajstić information content (AvgIpc) is 2.82. The van der Waals surface area contributed by atoms with Gasteiger partial charge in [0.25, 0.3) is 11.1 Å². The van der Waals surface area contributed by atoms with E-state index in [1.54, 1.807) is 18.2 Å². The van der Waals surface area contributed by atoms with E-state index in [0.29, 0.717) is 11.9 Å². The number of nitrogens with one attached hydrogen (secondary N) is 1. The van der Waals surface area contributed by atoms with Gasteiger partial charge in [-0.25, -0.2) is 10.1 Å². The van der Waals surface area contributed by atoms with E-state index < -0.39 is 28.7 Å². The van der Waals surface area contributed by atoms with Gasteiger partial charge in [0.05, 0.1) is 35.8 Å². The number of alkyl halides is 3. The highest BCUT2D eigenvalue weighted by Gasteiger charge is 2.38. The molecule has 0 bridgehead atoms. The molecule has 0 spiro atoms. The van der Waals surface area contributed by atoms with Gasteiger partial charge in [0.1, 0.15) is 5.75 Å². The maximum atomic E-state index is 13.6. The van der Waals surface area contributed by atoms with Crippen LogP contribution in [0.15, 0.2) is 64.7 Å². The molecule has 3 heterocycles. The first-order chi connectivity index (χ1) is 16.7. The summed E-state index contributed by atoms with van der Waals surface area (Å²) in [6, 6.07) is 10.0. The summed E-state index contributed by atoms with van der Waals surface area (Å²) in [5.41, 5.74) is -2.37. The van der Waals surface area contributed by atoms with Crippen molar-refractivity contribution in [2.45, 2.75) is 12.7 Å². The quantitative estimate of drug-likeness (QED) is 0.442. The summed E-state index contributed by atoms with van der Waals surface area (Å²) in [6.45, 7) is -0.330. The Balaban J connectivity index is 1.77. The van der Waals surface area contributed by atoms with Crippen LogP contribution in [0.4, 0.5) is 13.2 Å². The van der Waals surface area contributed by atoms with E-state index in [-0.39, 0.29) is 34.1 Å². The Kier molecular flexibility index (Phi) is 6.35. The third kappa shape index (κ3) is 5.20. The van der Waals surface area contributed by atoms with Crippen LogP contribution in [0.25, 0.3) is 11.1 Å². The molecule has 9 nitrogen and oxygen atoms in total. The number of hydrogen-bond donors (Lipinski definition) is 1. The Bertz CT molecular complexity index is 1560. The molecule has 1 aromatic carbocycles. The van der Waals surface area contributed by atoms with Crippen molar-refractivity contribution < 1.29 is 17.9 Å². The molecule has 0 aliphatic heterocycles. The van der Waals surface area contributed by atoms with Crippen LogP contribution in [0.3, 0.4) is 0 Å². The second kappa shape index (κ2) is 9.40. The Labute approximate surface area is 199 Å². The van der Waals surface area contributed by atoms with Crippen molar-refractivity contribution in [2.75, 3.05) is 0 Å². The average molecular weight is 501 g/mol. The molecule has 0 saturated heterocycles. The van der Waals surface area contributed by atoms with Gasteiger partial charge in [-0.05, 0) is 30.3 Å². The van der Waals surface area contributed by atoms with Crippen molar-refractivity contribution in [3.05, 3.63) is 97.8 Å². The van der Waals surface area contributed by atoms with E-state index in [0.717, 1.165) is 16.7 Å². The molecule has 4 rings (SSSR count). The minimum Gasteiger partial charge on any atom is -0.449 e. The fourth-order valence-corrected chi connectivity index (χ4v) is 3.35. The van der Waals surface area contributed by atoms with Crippen LogP contribution in [-0.2, 0) is 12.7 Å². The summed E-state index contributed by atoms with van der Waals surface area (Å²) in [6.07, 6.45) is -1.33. The molecular weight excluding hydrogens is 489 g/mol. The molecule has 0 radical (unpaired) electrons. The zero-order chi connectivity index (χ0) is 25.2. The highest BCUT2D eigenvalue weighted by Crippen LogP contribution is 2.35. The fourth-order valence-electron chi connectivity index (χ4n) is 3.12. The summed E-state index contributed by atoms with van der Waals surface area (Å²) in [5, 5.41) is 15.2. The number of H-pyrrole nitrogens is 1. The molecule has 0 atom stereocenters. The van der Waals surface area contributed by atoms with Gasteiger partial charge in [0, 0.05) is 23.0 Å². The van der Waals surface area contributed by atoms with Crippen molar-refractivity contribution in [1.29, 1.82) is 5.26 Å². The number of aromatic nitrogens is 5. The van der Waals surface area contributed by atoms with Gasteiger partial charge in [0.2, 0.25) is 5.75 Å². The Morgan fingerprint density at radius 3 is 2.69 bits per heavy atom. The highest BCUT2D eigenvalue weighted by atomic mass is 35.5. The number of aromatic amines is 1. The normalized spacial score (nSPS) is 11.2. The molecule has 35 heavy (non-hydrogen) atoms. The molecule has 0 aliphatic rings. The van der Waals surface area contributed by atoms with Crippen molar-refractivity contribution in [1.82, 2.24) is 24.7 Å². The maximum absolute atomic E-state index is 13.6. The first kappa shape index (κ1) is 23.7. The SMILES string of the molecule is N#Cc1cc(Cl)cc(Oc2c(C(F)(F)F)ncn(Cc3cc(-c4cccnc4)c(=O)[nH]n3)c2=O)c1. The molecule has 0 unspecified atom stereocenters. The first-order valence-electron chi connectivity index (χ1n) is 9.70. The number of rotatable bonds is 5. The van der Waals surface area contributed by atoms with Gasteiger partial charge in [-0.15, -0.1) is 0 Å². The summed E-state index contributed by atoms with van der Waals surface area (Å²) >= 11 is 5.89. The Morgan fingerprint density at radius 1 is 1.20 bits per heavy atom. The predicted molar refractivity (Wildman–Crippen MR) is 117 cm³/mol. The topological polar surface area (TPSA) is 127 Å². The number of nitriles is 1. The number of pyridine rings is 1. The molecule has 4 aromatic rings. The number of hydrogen-bond acceptors (Lipinski definition) is 7. The van der Waals surface area contributed by atoms with Gasteiger partial charge >= 0.3 is 6.18 Å². The monoisotopic (exact) mass is 500 g/mol. The Hall–Kier alpha value is -4.50. The van der Waals surface area contributed by atoms with E-state index in [2.05, 4.69) is 20.2 Å². The second-order valence-electron chi connectivity index (χ2n) is 7.09. The summed E-state index contributed by atoms with van der Waals surface area (Å²) in [4.78, 5) is 32.5. The third-order valence-electron chi connectivity index (χ3n) is 4.65. The van der Waals surface area contributed by atoms with Gasteiger partial charge < -0.3 is 4.74 Å². The van der Waals surface area contributed by atoms with Gasteiger partial charge in [-0.1, -0.05) is 17.7 Å². The first-order valence-corrected chi connectivity index (χ1v) is 10.1. The van der Waals surface area contributed by atoms with E-state index in [9.17, 15) is 22.8 Å². The van der Waals surface area contributed by atoms with Gasteiger partial charge in [-0.3, -0.25) is 19.1 Å². The molecular formula is C22H12ClF3N6O3. The number of benzene rings is 1. The van der Waals surface area contributed by atoms with Crippen LogP contribution < -0.4 is 15.9 Å². The Morgan fingerprint density at radius 2 is 2.00 bits per heavy atom. The zero-order valence-corrected chi connectivity index (χ0v) is 18.1. The second-order valence-corrected chi connectivity index (χ2v) is 7.52. The largest absolute Gasteiger partial charge is 0.449 e. The lowest BCUT2D eigenvalue weighted by Gasteiger charge is -2.15. The fraction of sp³-hybridized carbons (Fsp3) is 0.0909. The molecule has 0 amide bonds. The lowest BCUT2D eigenvalue weighted by atomic mass is 10.1. The number of halogens is 4. The maximum Gasteiger partial charge on any atom is 0.437 e. The van der Waals surface area contributed by atoms with E-state index >= 15 is 0 Å². The third-order valence-corrected chi connectivity index (χ3v) is 4.86. The van der Waals surface area contributed by atoms with Gasteiger partial charge in [0.15, 0.2) is 5.69 Å². The molecule has 0 fully saturated rings. The summed E-state index contributed by atoms with van der Waals surface area (Å²) in [5.74, 6) is -1.36. The van der Waals surface area contributed by atoms with Crippen molar-refractivity contribution in [3.8, 4) is 28.7 Å². The molecule has 1 N–H and O–H groups in total. The smallest absolute Gasteiger partial charge is 0.437 e. The van der Waals surface area contributed by atoms with E-state index in [1.165, 1.54) is 24.5 Å². The van der Waals surface area contributed by atoms with Crippen LogP contribution >= 0.6 is 11.6 Å². The molecule has 13 heteroatoms. The standard InChI is InChI=1S/C22H12ClF3N6O3/c23-14-4-12(8-27)5-16(6-14)35-18-19(22(24,25)26)29-11-32(21(18)34)10-15-7-17(20(33)31-30-15)13-2-1-3-28-9-13/h1-7,9,11H,10H2,(H,31,33). The predicted octanol–water partition coefficient (Wildman–Crippen LogP) is 3.77. The molecule has 3 aromatic heterocycles. The van der Waals surface area contributed by atoms with Crippen molar-refractivity contribution >= 4 is 11.6 Å². The molecule has 0 aliphatic carbocycles. The van der Waals surface area contributed by atoms with E-state index in [4.69, 9.17) is 21.6 Å². The summed E-state index contributed by atoms with van der Waals surface area (Å²) < 4.78 is 46.8. The van der Waals surface area contributed by atoms with Crippen LogP contribution in [0.5, 0.6) is 11.5 Å². The van der Waals surface area contributed by atoms with Crippen LogP contribution in [0, 0.1) is 11.3 Å². The lowest BCUT2D eigenvalue weighted by Crippen LogP contribution is -2.27. The molecule has 176 valence electrons. The summed E-state index contributed by atoms with van der Waals surface area (Å²) in [7, 11) is 0. The highest BCUT2D eigenvalue weighted by molar-refractivity contribution is 6.30. The zero-order valence-electron chi connectivity index (χ0n) is 17.4. The van der Waals surface area contributed by atoms with Crippen molar-refractivity contribution in [3.63, 3.8) is 0 Å². The lowest BCUT2D eigenvalue weighted by molar-refractivity contribution is -0.142. The number of nitrogens with zero attached hydrogens (tertiary/aromatic N) is 5. The van der Waals surface area contributed by atoms with Gasteiger partial charge in [-0.2, -0.15) is 23.5 Å². The van der Waals surface area contributed by atoms with Crippen LogP contribution in [0.2, 0.25) is 5.02 Å². The van der Waals surface area contributed by atoms with Crippen LogP contribution in [-0.4, -0.2) is 24.7 Å².